The van der Waals surface area contributed by atoms with Gasteiger partial charge in [-0.15, -0.1) is 0 Å². The van der Waals surface area contributed by atoms with Crippen LogP contribution in [0.5, 0.6) is 0 Å². The standard InChI is InChI=1S/C9H9N5O/c1-6-4-12-14(5-6)9-11-3-2-7(13-9)8(10)15/h2-5H,1H3,(H2,10,15). The smallest absolute Gasteiger partial charge is 0.267 e. The second-order valence-electron chi connectivity index (χ2n) is 3.07. The van der Waals surface area contributed by atoms with Crippen LogP contribution in [0.3, 0.4) is 0 Å². The van der Waals surface area contributed by atoms with Crippen LogP contribution in [0.25, 0.3) is 5.95 Å². The van der Waals surface area contributed by atoms with Crippen molar-refractivity contribution in [2.45, 2.75) is 6.92 Å². The van der Waals surface area contributed by atoms with Crippen molar-refractivity contribution in [3.05, 3.63) is 35.9 Å². The summed E-state index contributed by atoms with van der Waals surface area (Å²) in [6, 6.07) is 1.46. The third kappa shape index (κ3) is 1.83. The number of nitrogens with zero attached hydrogens (tertiary/aromatic N) is 4. The van der Waals surface area contributed by atoms with E-state index in [0.717, 1.165) is 5.56 Å². The Morgan fingerprint density at radius 1 is 1.53 bits per heavy atom. The number of hydrogen-bond acceptors (Lipinski definition) is 4. The molecule has 0 aromatic carbocycles. The zero-order valence-corrected chi connectivity index (χ0v) is 8.08. The van der Waals surface area contributed by atoms with Crippen LogP contribution in [0.1, 0.15) is 16.1 Å². The van der Waals surface area contributed by atoms with Crippen molar-refractivity contribution in [1.82, 2.24) is 19.7 Å². The number of carbonyl (C=O) groups is 1. The predicted molar refractivity (Wildman–Crippen MR) is 52.4 cm³/mol. The van der Waals surface area contributed by atoms with E-state index in [1.807, 2.05) is 6.92 Å². The van der Waals surface area contributed by atoms with Gasteiger partial charge in [0.15, 0.2) is 0 Å². The lowest BCUT2D eigenvalue weighted by Gasteiger charge is -1.99. The molecule has 0 bridgehead atoms. The molecule has 0 atom stereocenters. The highest BCUT2D eigenvalue weighted by Crippen LogP contribution is 2.02. The topological polar surface area (TPSA) is 86.7 Å². The van der Waals surface area contributed by atoms with E-state index in [4.69, 9.17) is 5.73 Å². The van der Waals surface area contributed by atoms with Crippen LogP contribution in [-0.4, -0.2) is 25.7 Å². The Morgan fingerprint density at radius 3 is 2.93 bits per heavy atom. The van der Waals surface area contributed by atoms with Gasteiger partial charge in [0, 0.05) is 12.4 Å². The summed E-state index contributed by atoms with van der Waals surface area (Å²) in [6.07, 6.45) is 4.92. The number of nitrogens with two attached hydrogens (primary N) is 1. The first kappa shape index (κ1) is 9.32. The molecular weight excluding hydrogens is 194 g/mol. The van der Waals surface area contributed by atoms with Crippen molar-refractivity contribution in [3.8, 4) is 5.95 Å². The van der Waals surface area contributed by atoms with E-state index in [9.17, 15) is 4.79 Å². The van der Waals surface area contributed by atoms with Gasteiger partial charge in [0.1, 0.15) is 5.69 Å². The number of aryl methyl sites for hydroxylation is 1. The maximum Gasteiger partial charge on any atom is 0.267 e. The lowest BCUT2D eigenvalue weighted by molar-refractivity contribution is 0.0995. The highest BCUT2D eigenvalue weighted by atomic mass is 16.1. The van der Waals surface area contributed by atoms with Crippen LogP contribution in [-0.2, 0) is 0 Å². The molecule has 2 rings (SSSR count). The number of aromatic nitrogens is 4. The molecule has 1 amide bonds. The molecule has 6 nitrogen and oxygen atoms in total. The predicted octanol–water partition coefficient (Wildman–Crippen LogP) is 0.0696. The van der Waals surface area contributed by atoms with E-state index in [2.05, 4.69) is 15.1 Å². The summed E-state index contributed by atoms with van der Waals surface area (Å²) < 4.78 is 1.49. The zero-order chi connectivity index (χ0) is 10.8. The van der Waals surface area contributed by atoms with Crippen LogP contribution in [0.4, 0.5) is 0 Å². The van der Waals surface area contributed by atoms with Crippen molar-refractivity contribution in [2.75, 3.05) is 0 Å². The number of primary amides is 1. The lowest BCUT2D eigenvalue weighted by Crippen LogP contribution is -2.15. The van der Waals surface area contributed by atoms with Gasteiger partial charge in [-0.1, -0.05) is 0 Å². The van der Waals surface area contributed by atoms with Gasteiger partial charge in [0.25, 0.3) is 11.9 Å². The van der Waals surface area contributed by atoms with Crippen molar-refractivity contribution in [3.63, 3.8) is 0 Å². The van der Waals surface area contributed by atoms with E-state index in [-0.39, 0.29) is 5.69 Å². The van der Waals surface area contributed by atoms with Gasteiger partial charge in [0.2, 0.25) is 0 Å². The monoisotopic (exact) mass is 203 g/mol. The maximum absolute atomic E-state index is 10.9. The molecule has 0 aliphatic carbocycles. The zero-order valence-electron chi connectivity index (χ0n) is 8.08. The Balaban J connectivity index is 2.45. The van der Waals surface area contributed by atoms with Crippen LogP contribution >= 0.6 is 0 Å². The molecule has 0 saturated carbocycles. The second kappa shape index (κ2) is 3.49. The quantitative estimate of drug-likeness (QED) is 0.748. The Morgan fingerprint density at radius 2 is 2.33 bits per heavy atom. The molecule has 76 valence electrons. The minimum Gasteiger partial charge on any atom is -0.364 e. The fraction of sp³-hybridized carbons (Fsp3) is 0.111. The van der Waals surface area contributed by atoms with Crippen molar-refractivity contribution in [1.29, 1.82) is 0 Å². The minimum atomic E-state index is -0.581. The lowest BCUT2D eigenvalue weighted by atomic mass is 10.4. The van der Waals surface area contributed by atoms with E-state index >= 15 is 0 Å². The summed E-state index contributed by atoms with van der Waals surface area (Å²) in [7, 11) is 0. The molecule has 0 unspecified atom stereocenters. The SMILES string of the molecule is Cc1cnn(-c2nccc(C(N)=O)n2)c1. The fourth-order valence-corrected chi connectivity index (χ4v) is 1.12. The first-order valence-electron chi connectivity index (χ1n) is 4.31. The molecular formula is C9H9N5O. The molecule has 2 heterocycles. The number of amides is 1. The van der Waals surface area contributed by atoms with Crippen LogP contribution in [0, 0.1) is 6.92 Å². The average Bonchev–Trinajstić information content (AvgIpc) is 2.65. The summed E-state index contributed by atoms with van der Waals surface area (Å²) >= 11 is 0. The Bertz CT molecular complexity index is 505. The number of hydrogen-bond donors (Lipinski definition) is 1. The fourth-order valence-electron chi connectivity index (χ4n) is 1.12. The van der Waals surface area contributed by atoms with Gasteiger partial charge in [-0.25, -0.2) is 14.6 Å². The van der Waals surface area contributed by atoms with E-state index in [1.54, 1.807) is 12.4 Å². The molecule has 0 spiro atoms. The van der Waals surface area contributed by atoms with Crippen LogP contribution in [0.15, 0.2) is 24.7 Å². The summed E-state index contributed by atoms with van der Waals surface area (Å²) in [6.45, 7) is 1.90. The summed E-state index contributed by atoms with van der Waals surface area (Å²) in [5.74, 6) is -0.248. The summed E-state index contributed by atoms with van der Waals surface area (Å²) in [4.78, 5) is 18.8. The summed E-state index contributed by atoms with van der Waals surface area (Å²) in [5.41, 5.74) is 6.27. The molecule has 0 saturated heterocycles. The highest BCUT2D eigenvalue weighted by molar-refractivity contribution is 5.90. The van der Waals surface area contributed by atoms with Gasteiger partial charge in [-0.2, -0.15) is 5.10 Å². The first-order valence-corrected chi connectivity index (χ1v) is 4.31. The normalized spacial score (nSPS) is 10.2. The molecule has 0 aliphatic rings. The van der Waals surface area contributed by atoms with Crippen LogP contribution in [0.2, 0.25) is 0 Å². The van der Waals surface area contributed by atoms with Crippen molar-refractivity contribution < 1.29 is 4.79 Å². The molecule has 2 N–H and O–H groups in total. The average molecular weight is 203 g/mol. The molecule has 2 aromatic heterocycles. The molecule has 6 heteroatoms. The van der Waals surface area contributed by atoms with Crippen LogP contribution < -0.4 is 5.73 Å². The van der Waals surface area contributed by atoms with Crippen molar-refractivity contribution in [2.24, 2.45) is 5.73 Å². The van der Waals surface area contributed by atoms with Gasteiger partial charge in [0.05, 0.1) is 6.20 Å². The third-order valence-corrected chi connectivity index (χ3v) is 1.81. The van der Waals surface area contributed by atoms with Gasteiger partial charge < -0.3 is 5.73 Å². The molecule has 15 heavy (non-hydrogen) atoms. The number of carbonyl (C=O) groups excluding carboxylic acids is 1. The van der Waals surface area contributed by atoms with E-state index in [1.165, 1.54) is 16.9 Å². The number of rotatable bonds is 2. The maximum atomic E-state index is 10.9. The largest absolute Gasteiger partial charge is 0.364 e. The third-order valence-electron chi connectivity index (χ3n) is 1.81. The molecule has 0 radical (unpaired) electrons. The molecule has 0 fully saturated rings. The second-order valence-corrected chi connectivity index (χ2v) is 3.07. The Hall–Kier alpha value is -2.24. The molecule has 2 aromatic rings. The highest BCUT2D eigenvalue weighted by Gasteiger charge is 2.06. The van der Waals surface area contributed by atoms with E-state index in [0.29, 0.717) is 5.95 Å². The van der Waals surface area contributed by atoms with Crippen molar-refractivity contribution >= 4 is 5.91 Å². The van der Waals surface area contributed by atoms with Gasteiger partial charge in [-0.3, -0.25) is 4.79 Å². The Labute approximate surface area is 85.8 Å². The van der Waals surface area contributed by atoms with Gasteiger partial charge in [-0.05, 0) is 18.6 Å². The molecule has 0 aliphatic heterocycles. The Kier molecular flexibility index (Phi) is 2.17. The first-order chi connectivity index (χ1) is 7.16. The van der Waals surface area contributed by atoms with Gasteiger partial charge >= 0.3 is 0 Å². The summed E-state index contributed by atoms with van der Waals surface area (Å²) in [5, 5.41) is 4.03. The minimum absolute atomic E-state index is 0.174. The van der Waals surface area contributed by atoms with E-state index < -0.39 is 5.91 Å².